The molecule has 0 aromatic carbocycles. The lowest BCUT2D eigenvalue weighted by atomic mass is 10.0. The van der Waals surface area contributed by atoms with E-state index in [2.05, 4.69) is 10.2 Å². The van der Waals surface area contributed by atoms with Gasteiger partial charge < -0.3 is 5.11 Å². The van der Waals surface area contributed by atoms with E-state index in [1.807, 2.05) is 0 Å². The molecule has 0 spiro atoms. The number of carboxylic acids is 1. The van der Waals surface area contributed by atoms with Crippen LogP contribution in [0.4, 0.5) is 0 Å². The van der Waals surface area contributed by atoms with Gasteiger partial charge in [-0.15, -0.1) is 0 Å². The number of nitrogens with one attached hydrogen (secondary N) is 1. The molecule has 1 aliphatic rings. The molecule has 0 amide bonds. The topological polar surface area (TPSA) is 100 Å². The summed E-state index contributed by atoms with van der Waals surface area (Å²) in [5.74, 6) is -0.960. The average molecular weight is 244 g/mol. The first-order valence-corrected chi connectivity index (χ1v) is 6.79. The number of carboxylic acid groups (broad SMARTS) is 1. The van der Waals surface area contributed by atoms with E-state index in [1.165, 1.54) is 6.07 Å². The van der Waals surface area contributed by atoms with E-state index in [0.717, 1.165) is 6.42 Å². The molecular formula is C9H12N2O4S. The van der Waals surface area contributed by atoms with Crippen LogP contribution >= 0.6 is 0 Å². The Bertz CT molecular complexity index is 505. The van der Waals surface area contributed by atoms with Crippen molar-refractivity contribution in [2.45, 2.75) is 18.8 Å². The molecule has 1 aliphatic heterocycles. The third-order valence-corrected chi connectivity index (χ3v) is 4.54. The number of hydrogen-bond acceptors (Lipinski definition) is 4. The largest absolute Gasteiger partial charge is 0.476 e. The van der Waals surface area contributed by atoms with Gasteiger partial charge in [0.05, 0.1) is 11.5 Å². The summed E-state index contributed by atoms with van der Waals surface area (Å²) in [6.07, 6.45) is 1.37. The second-order valence-corrected chi connectivity index (χ2v) is 6.20. The van der Waals surface area contributed by atoms with E-state index < -0.39 is 15.8 Å². The van der Waals surface area contributed by atoms with E-state index >= 15 is 0 Å². The Hall–Kier alpha value is -1.37. The molecule has 1 aromatic heterocycles. The van der Waals surface area contributed by atoms with Crippen LogP contribution in [0.15, 0.2) is 6.07 Å². The van der Waals surface area contributed by atoms with E-state index in [-0.39, 0.29) is 23.1 Å². The van der Waals surface area contributed by atoms with Crippen LogP contribution in [0.5, 0.6) is 0 Å². The fourth-order valence-corrected chi connectivity index (χ4v) is 3.66. The van der Waals surface area contributed by atoms with Gasteiger partial charge in [-0.2, -0.15) is 5.10 Å². The summed E-state index contributed by atoms with van der Waals surface area (Å²) in [6, 6.07) is 1.41. The van der Waals surface area contributed by atoms with Crippen molar-refractivity contribution in [3.63, 3.8) is 0 Å². The van der Waals surface area contributed by atoms with Gasteiger partial charge in [0.15, 0.2) is 15.5 Å². The minimum absolute atomic E-state index is 0.0713. The molecule has 2 N–H and O–H groups in total. The average Bonchev–Trinajstić information content (AvgIpc) is 2.64. The van der Waals surface area contributed by atoms with Gasteiger partial charge in [-0.1, -0.05) is 0 Å². The Morgan fingerprint density at radius 1 is 1.56 bits per heavy atom. The molecule has 88 valence electrons. The number of nitrogens with zero attached hydrogens (tertiary/aromatic N) is 1. The van der Waals surface area contributed by atoms with Crippen LogP contribution in [-0.4, -0.2) is 41.2 Å². The van der Waals surface area contributed by atoms with Crippen LogP contribution in [0.1, 0.15) is 34.9 Å². The summed E-state index contributed by atoms with van der Waals surface area (Å²) >= 11 is 0. The normalized spacial score (nSPS) is 24.1. The van der Waals surface area contributed by atoms with Crippen molar-refractivity contribution in [2.24, 2.45) is 0 Å². The number of carbonyl (C=O) groups is 1. The molecule has 1 saturated heterocycles. The lowest BCUT2D eigenvalue weighted by Crippen LogP contribution is -2.23. The van der Waals surface area contributed by atoms with Gasteiger partial charge in [0, 0.05) is 11.6 Å². The van der Waals surface area contributed by atoms with Crippen molar-refractivity contribution in [1.82, 2.24) is 10.2 Å². The number of aromatic carboxylic acids is 1. The zero-order chi connectivity index (χ0) is 11.8. The van der Waals surface area contributed by atoms with Crippen molar-refractivity contribution in [2.75, 3.05) is 11.5 Å². The quantitative estimate of drug-likeness (QED) is 0.784. The van der Waals surface area contributed by atoms with E-state index in [4.69, 9.17) is 5.11 Å². The second kappa shape index (κ2) is 3.89. The molecule has 1 atom stereocenters. The third kappa shape index (κ3) is 2.24. The zero-order valence-corrected chi connectivity index (χ0v) is 9.33. The Morgan fingerprint density at radius 2 is 2.31 bits per heavy atom. The van der Waals surface area contributed by atoms with Gasteiger partial charge in [0.1, 0.15) is 0 Å². The van der Waals surface area contributed by atoms with Crippen LogP contribution in [-0.2, 0) is 9.84 Å². The maximum absolute atomic E-state index is 11.4. The van der Waals surface area contributed by atoms with E-state index in [0.29, 0.717) is 12.1 Å². The first-order chi connectivity index (χ1) is 7.48. The van der Waals surface area contributed by atoms with Crippen LogP contribution in [0.2, 0.25) is 0 Å². The van der Waals surface area contributed by atoms with Crippen molar-refractivity contribution in [3.8, 4) is 0 Å². The third-order valence-electron chi connectivity index (χ3n) is 2.72. The molecule has 0 aliphatic carbocycles. The minimum atomic E-state index is -2.99. The van der Waals surface area contributed by atoms with E-state index in [9.17, 15) is 13.2 Å². The smallest absolute Gasteiger partial charge is 0.356 e. The summed E-state index contributed by atoms with van der Waals surface area (Å²) in [7, 11) is -2.99. The molecular weight excluding hydrogens is 232 g/mol. The SMILES string of the molecule is O=C(O)c1cc(C2CCCS(=O)(=O)C2)[nH]n1. The summed E-state index contributed by atoms with van der Waals surface area (Å²) in [4.78, 5) is 10.6. The number of rotatable bonds is 2. The maximum Gasteiger partial charge on any atom is 0.356 e. The summed E-state index contributed by atoms with van der Waals surface area (Å²) in [5.41, 5.74) is 0.527. The Labute approximate surface area is 92.6 Å². The molecule has 1 fully saturated rings. The summed E-state index contributed by atoms with van der Waals surface area (Å²) in [6.45, 7) is 0. The second-order valence-electron chi connectivity index (χ2n) is 3.97. The van der Waals surface area contributed by atoms with Gasteiger partial charge in [0.2, 0.25) is 0 Å². The van der Waals surface area contributed by atoms with Gasteiger partial charge >= 0.3 is 5.97 Å². The molecule has 6 nitrogen and oxygen atoms in total. The molecule has 0 saturated carbocycles. The van der Waals surface area contributed by atoms with Crippen molar-refractivity contribution >= 4 is 15.8 Å². The van der Waals surface area contributed by atoms with Crippen LogP contribution < -0.4 is 0 Å². The number of aromatic amines is 1. The lowest BCUT2D eigenvalue weighted by Gasteiger charge is -2.20. The highest BCUT2D eigenvalue weighted by Crippen LogP contribution is 2.27. The fourth-order valence-electron chi connectivity index (χ4n) is 1.92. The van der Waals surface area contributed by atoms with Crippen LogP contribution in [0.3, 0.4) is 0 Å². The number of sulfone groups is 1. The van der Waals surface area contributed by atoms with Crippen molar-refractivity contribution in [3.05, 3.63) is 17.5 Å². The van der Waals surface area contributed by atoms with Crippen LogP contribution in [0.25, 0.3) is 0 Å². The van der Waals surface area contributed by atoms with Gasteiger partial charge in [-0.25, -0.2) is 13.2 Å². The monoisotopic (exact) mass is 244 g/mol. The maximum atomic E-state index is 11.4. The molecule has 0 bridgehead atoms. The highest BCUT2D eigenvalue weighted by molar-refractivity contribution is 7.91. The predicted octanol–water partition coefficient (Wildman–Crippen LogP) is 0.400. The summed E-state index contributed by atoms with van der Waals surface area (Å²) in [5, 5.41) is 14.9. The zero-order valence-electron chi connectivity index (χ0n) is 8.51. The molecule has 1 aromatic rings. The van der Waals surface area contributed by atoms with Crippen molar-refractivity contribution in [1.29, 1.82) is 0 Å². The van der Waals surface area contributed by atoms with Gasteiger partial charge in [-0.3, -0.25) is 5.10 Å². The molecule has 7 heteroatoms. The molecule has 0 radical (unpaired) electrons. The first kappa shape index (κ1) is 11.1. The highest BCUT2D eigenvalue weighted by atomic mass is 32.2. The Kier molecular flexibility index (Phi) is 2.71. The fraction of sp³-hybridized carbons (Fsp3) is 0.556. The number of H-pyrrole nitrogens is 1. The number of aromatic nitrogens is 2. The Balaban J connectivity index is 2.20. The van der Waals surface area contributed by atoms with Crippen LogP contribution in [0, 0.1) is 0 Å². The molecule has 1 unspecified atom stereocenters. The van der Waals surface area contributed by atoms with Gasteiger partial charge in [-0.05, 0) is 18.9 Å². The van der Waals surface area contributed by atoms with Crippen molar-refractivity contribution < 1.29 is 18.3 Å². The minimum Gasteiger partial charge on any atom is -0.476 e. The lowest BCUT2D eigenvalue weighted by molar-refractivity contribution is 0.0690. The predicted molar refractivity (Wildman–Crippen MR) is 56.2 cm³/mol. The first-order valence-electron chi connectivity index (χ1n) is 4.97. The molecule has 16 heavy (non-hydrogen) atoms. The van der Waals surface area contributed by atoms with E-state index in [1.54, 1.807) is 0 Å². The Morgan fingerprint density at radius 3 is 2.88 bits per heavy atom. The standard InChI is InChI=1S/C9H12N2O4S/c12-9(13)8-4-7(10-11-8)6-2-1-3-16(14,15)5-6/h4,6H,1-3,5H2,(H,10,11)(H,12,13). The highest BCUT2D eigenvalue weighted by Gasteiger charge is 2.27. The van der Waals surface area contributed by atoms with Gasteiger partial charge in [0.25, 0.3) is 0 Å². The number of hydrogen-bond donors (Lipinski definition) is 2. The molecule has 2 rings (SSSR count). The molecule has 2 heterocycles. The summed E-state index contributed by atoms with van der Waals surface area (Å²) < 4.78 is 22.8.